The Morgan fingerprint density at radius 3 is 2.82 bits per heavy atom. The molecular weight excluding hydrogens is 447 g/mol. The van der Waals surface area contributed by atoms with Crippen molar-refractivity contribution in [1.29, 1.82) is 0 Å². The zero-order chi connectivity index (χ0) is 23.4. The minimum absolute atomic E-state index is 0.0748. The first-order chi connectivity index (χ1) is 15.8. The van der Waals surface area contributed by atoms with E-state index in [1.165, 1.54) is 12.1 Å². The molecule has 0 bridgehead atoms. The smallest absolute Gasteiger partial charge is 0.224 e. The number of fused-ring (bicyclic) bond motifs is 1. The molecule has 7 nitrogen and oxygen atoms in total. The Morgan fingerprint density at radius 2 is 2.00 bits per heavy atom. The van der Waals surface area contributed by atoms with Crippen molar-refractivity contribution in [1.82, 2.24) is 4.90 Å². The van der Waals surface area contributed by atoms with E-state index >= 15 is 0 Å². The van der Waals surface area contributed by atoms with Crippen molar-refractivity contribution in [3.05, 3.63) is 53.8 Å². The molecule has 0 unspecified atom stereocenters. The van der Waals surface area contributed by atoms with Gasteiger partial charge in [0.2, 0.25) is 11.8 Å². The number of nitrogens with zero attached hydrogens (tertiary/aromatic N) is 1. The lowest BCUT2D eigenvalue weighted by molar-refractivity contribution is -0.129. The van der Waals surface area contributed by atoms with Crippen LogP contribution in [0.25, 0.3) is 0 Å². The highest BCUT2D eigenvalue weighted by molar-refractivity contribution is 7.91. The number of ether oxygens (including phenoxy) is 1. The highest BCUT2D eigenvalue weighted by atomic mass is 32.2. The number of hydrogen-bond donors (Lipinski definition) is 1. The normalized spacial score (nSPS) is 18.0. The van der Waals surface area contributed by atoms with Gasteiger partial charge in [-0.15, -0.1) is 0 Å². The second-order valence-corrected chi connectivity index (χ2v) is 10.6. The summed E-state index contributed by atoms with van der Waals surface area (Å²) in [6, 6.07) is 10.9. The lowest BCUT2D eigenvalue weighted by Gasteiger charge is -2.18. The predicted molar refractivity (Wildman–Crippen MR) is 121 cm³/mol. The number of nitrogens with one attached hydrogen (secondary N) is 1. The van der Waals surface area contributed by atoms with Crippen LogP contribution in [0.1, 0.15) is 31.2 Å². The molecular formula is C24H27FN2O5S. The summed E-state index contributed by atoms with van der Waals surface area (Å²) in [5.74, 6) is -0.445. The fourth-order valence-electron chi connectivity index (χ4n) is 4.24. The molecule has 33 heavy (non-hydrogen) atoms. The average Bonchev–Trinajstić information content (AvgIpc) is 3.27. The van der Waals surface area contributed by atoms with Crippen molar-refractivity contribution in [3.63, 3.8) is 0 Å². The van der Waals surface area contributed by atoms with Gasteiger partial charge < -0.3 is 15.0 Å². The molecule has 4 rings (SSSR count). The molecule has 176 valence electrons. The number of amides is 2. The Hall–Kier alpha value is -2.94. The number of carbonyl (C=O) groups excluding carboxylic acids is 2. The number of carbonyl (C=O) groups is 2. The van der Waals surface area contributed by atoms with Crippen molar-refractivity contribution < 1.29 is 27.1 Å². The van der Waals surface area contributed by atoms with Gasteiger partial charge in [-0.1, -0.05) is 12.1 Å². The van der Waals surface area contributed by atoms with Crippen molar-refractivity contribution >= 4 is 27.3 Å². The number of hydrogen-bond acceptors (Lipinski definition) is 5. The largest absolute Gasteiger partial charge is 0.491 e. The van der Waals surface area contributed by atoms with Crippen LogP contribution in [0.2, 0.25) is 0 Å². The summed E-state index contributed by atoms with van der Waals surface area (Å²) in [7, 11) is -3.61. The highest BCUT2D eigenvalue weighted by Crippen LogP contribution is 2.27. The zero-order valence-corrected chi connectivity index (χ0v) is 19.1. The van der Waals surface area contributed by atoms with Crippen molar-refractivity contribution in [2.75, 3.05) is 30.8 Å². The first kappa shape index (κ1) is 23.2. The van der Waals surface area contributed by atoms with E-state index in [9.17, 15) is 22.4 Å². The van der Waals surface area contributed by atoms with E-state index in [4.69, 9.17) is 4.74 Å². The molecule has 2 amide bonds. The van der Waals surface area contributed by atoms with Crippen LogP contribution < -0.4 is 10.1 Å². The highest BCUT2D eigenvalue weighted by Gasteiger charge is 2.28. The van der Waals surface area contributed by atoms with Gasteiger partial charge >= 0.3 is 0 Å². The number of halogens is 1. The molecule has 1 atom stereocenters. The van der Waals surface area contributed by atoms with Crippen LogP contribution in [0, 0.1) is 11.7 Å². The van der Waals surface area contributed by atoms with E-state index in [0.717, 1.165) is 12.0 Å². The molecule has 0 spiro atoms. The third-order valence-electron chi connectivity index (χ3n) is 6.17. The minimum atomic E-state index is -3.61. The quantitative estimate of drug-likeness (QED) is 0.634. The molecule has 1 N–H and O–H groups in total. The summed E-state index contributed by atoms with van der Waals surface area (Å²) in [6.07, 6.45) is 2.27. The van der Waals surface area contributed by atoms with Crippen LogP contribution in [0.3, 0.4) is 0 Å². The maximum absolute atomic E-state index is 13.6. The maximum Gasteiger partial charge on any atom is 0.224 e. The van der Waals surface area contributed by atoms with E-state index in [-0.39, 0.29) is 40.6 Å². The molecule has 2 aliphatic rings. The van der Waals surface area contributed by atoms with Crippen LogP contribution >= 0.6 is 0 Å². The summed E-state index contributed by atoms with van der Waals surface area (Å²) in [4.78, 5) is 26.0. The predicted octanol–water partition coefficient (Wildman–Crippen LogP) is 3.19. The SMILES string of the molecule is O=C1CCc2cc(S(=O)(=O)CCC(=O)N3CC[C@H](CCOc4ccccc4F)C3)ccc2N1. The summed E-state index contributed by atoms with van der Waals surface area (Å²) < 4.78 is 44.6. The van der Waals surface area contributed by atoms with E-state index in [1.54, 1.807) is 35.2 Å². The number of anilines is 1. The van der Waals surface area contributed by atoms with E-state index in [1.807, 2.05) is 0 Å². The number of benzene rings is 2. The third-order valence-corrected chi connectivity index (χ3v) is 7.89. The number of likely N-dealkylation sites (tertiary alicyclic amines) is 1. The Labute approximate surface area is 192 Å². The van der Waals surface area contributed by atoms with Gasteiger partial charge in [-0.2, -0.15) is 0 Å². The molecule has 0 aliphatic carbocycles. The Kier molecular flexibility index (Phi) is 6.97. The van der Waals surface area contributed by atoms with Gasteiger partial charge in [0.05, 0.1) is 17.3 Å². The fourth-order valence-corrected chi connectivity index (χ4v) is 5.52. The molecule has 0 aromatic heterocycles. The molecule has 1 fully saturated rings. The lowest BCUT2D eigenvalue weighted by atomic mass is 10.0. The standard InChI is InChI=1S/C24H27FN2O5S/c25-20-3-1-2-4-22(20)32-13-10-17-9-12-27(16-17)24(29)11-14-33(30,31)19-6-7-21-18(15-19)5-8-23(28)26-21/h1-4,6-7,15,17H,5,8-14,16H2,(H,26,28)/t17-/m1/s1. The third kappa shape index (κ3) is 5.71. The van der Waals surface area contributed by atoms with Gasteiger partial charge in [0.15, 0.2) is 21.4 Å². The van der Waals surface area contributed by atoms with Gasteiger partial charge in [-0.25, -0.2) is 12.8 Å². The average molecular weight is 475 g/mol. The number of aryl methyl sites for hydroxylation is 1. The van der Waals surface area contributed by atoms with Gasteiger partial charge in [-0.05, 0) is 61.1 Å². The monoisotopic (exact) mass is 474 g/mol. The van der Waals surface area contributed by atoms with Gasteiger partial charge in [0, 0.05) is 31.6 Å². The molecule has 1 saturated heterocycles. The van der Waals surface area contributed by atoms with Crippen LogP contribution in [-0.2, 0) is 25.8 Å². The number of para-hydroxylation sites is 1. The van der Waals surface area contributed by atoms with Crippen molar-refractivity contribution in [3.8, 4) is 5.75 Å². The molecule has 9 heteroatoms. The molecule has 2 aromatic rings. The summed E-state index contributed by atoms with van der Waals surface area (Å²) >= 11 is 0. The minimum Gasteiger partial charge on any atom is -0.491 e. The molecule has 0 saturated carbocycles. The number of sulfone groups is 1. The summed E-state index contributed by atoms with van der Waals surface area (Å²) in [6.45, 7) is 1.50. The Morgan fingerprint density at radius 1 is 1.18 bits per heavy atom. The van der Waals surface area contributed by atoms with Crippen LogP contribution in [0.4, 0.5) is 10.1 Å². The van der Waals surface area contributed by atoms with Gasteiger partial charge in [0.25, 0.3) is 0 Å². The fraction of sp³-hybridized carbons (Fsp3) is 0.417. The molecule has 0 radical (unpaired) electrons. The van der Waals surface area contributed by atoms with Crippen LogP contribution in [0.15, 0.2) is 47.4 Å². The first-order valence-electron chi connectivity index (χ1n) is 11.1. The van der Waals surface area contributed by atoms with Gasteiger partial charge in [-0.3, -0.25) is 9.59 Å². The molecule has 2 aromatic carbocycles. The van der Waals surface area contributed by atoms with E-state index in [2.05, 4.69) is 5.32 Å². The Bertz CT molecular complexity index is 1150. The maximum atomic E-state index is 13.6. The Balaban J connectivity index is 1.25. The topological polar surface area (TPSA) is 92.8 Å². The number of rotatable bonds is 8. The summed E-state index contributed by atoms with van der Waals surface area (Å²) in [5.41, 5.74) is 1.44. The second kappa shape index (κ2) is 9.91. The van der Waals surface area contributed by atoms with Crippen molar-refractivity contribution in [2.45, 2.75) is 37.0 Å². The molecule has 2 heterocycles. The lowest BCUT2D eigenvalue weighted by Crippen LogP contribution is -2.30. The van der Waals surface area contributed by atoms with Crippen molar-refractivity contribution in [2.24, 2.45) is 5.92 Å². The first-order valence-corrected chi connectivity index (χ1v) is 12.8. The van der Waals surface area contributed by atoms with Crippen LogP contribution in [-0.4, -0.2) is 50.6 Å². The summed E-state index contributed by atoms with van der Waals surface area (Å²) in [5, 5.41) is 2.73. The van der Waals surface area contributed by atoms with E-state index in [0.29, 0.717) is 44.6 Å². The zero-order valence-electron chi connectivity index (χ0n) is 18.3. The van der Waals surface area contributed by atoms with E-state index < -0.39 is 15.7 Å². The van der Waals surface area contributed by atoms with Crippen LogP contribution in [0.5, 0.6) is 5.75 Å². The molecule has 2 aliphatic heterocycles. The van der Waals surface area contributed by atoms with Gasteiger partial charge in [0.1, 0.15) is 0 Å². The second-order valence-electron chi connectivity index (χ2n) is 8.50.